The first-order chi connectivity index (χ1) is 9.69. The number of hydrogen-bond acceptors (Lipinski definition) is 2. The first-order valence-electron chi connectivity index (χ1n) is 6.65. The zero-order valence-corrected chi connectivity index (χ0v) is 12.8. The number of carbonyl (C=O) groups excluding carboxylic acids is 1. The maximum atomic E-state index is 10.6. The van der Waals surface area contributed by atoms with Crippen LogP contribution in [0.2, 0.25) is 5.02 Å². The van der Waals surface area contributed by atoms with Gasteiger partial charge in [0.15, 0.2) is 5.11 Å². The van der Waals surface area contributed by atoms with Crippen LogP contribution in [-0.2, 0) is 11.2 Å². The summed E-state index contributed by atoms with van der Waals surface area (Å²) in [5, 5.41) is 4.79. The largest absolute Gasteiger partial charge is 0.362 e. The Labute approximate surface area is 129 Å². The van der Waals surface area contributed by atoms with Crippen LogP contribution in [0.4, 0.5) is 0 Å². The van der Waals surface area contributed by atoms with E-state index in [4.69, 9.17) is 23.8 Å². The number of hydrogen-bond donors (Lipinski definition) is 1. The zero-order valence-electron chi connectivity index (χ0n) is 11.2. The Morgan fingerprint density at radius 3 is 2.50 bits per heavy atom. The predicted molar refractivity (Wildman–Crippen MR) is 85.0 cm³/mol. The summed E-state index contributed by atoms with van der Waals surface area (Å²) in [6, 6.07) is 7.84. The highest BCUT2D eigenvalue weighted by Crippen LogP contribution is 2.09. The van der Waals surface area contributed by atoms with Crippen molar-refractivity contribution in [3.05, 3.63) is 34.9 Å². The molecule has 4 nitrogen and oxygen atoms in total. The summed E-state index contributed by atoms with van der Waals surface area (Å²) in [4.78, 5) is 14.5. The zero-order chi connectivity index (χ0) is 14.4. The molecule has 1 aliphatic rings. The number of carbonyl (C=O) groups is 1. The minimum absolute atomic E-state index is 0.739. The second kappa shape index (κ2) is 7.45. The number of amides is 1. The quantitative estimate of drug-likeness (QED) is 0.676. The van der Waals surface area contributed by atoms with Crippen LogP contribution in [0, 0.1) is 0 Å². The van der Waals surface area contributed by atoms with E-state index in [-0.39, 0.29) is 0 Å². The Bertz CT molecular complexity index is 458. The second-order valence-corrected chi connectivity index (χ2v) is 5.56. The van der Waals surface area contributed by atoms with Gasteiger partial charge in [-0.05, 0) is 36.3 Å². The second-order valence-electron chi connectivity index (χ2n) is 4.74. The third-order valence-electron chi connectivity index (χ3n) is 3.35. The molecule has 0 aromatic heterocycles. The molecule has 1 saturated heterocycles. The number of nitrogens with zero attached hydrogens (tertiary/aromatic N) is 2. The fraction of sp³-hybridized carbons (Fsp3) is 0.429. The number of benzene rings is 1. The van der Waals surface area contributed by atoms with Crippen LogP contribution in [-0.4, -0.2) is 54.0 Å². The summed E-state index contributed by atoms with van der Waals surface area (Å²) in [6.07, 6.45) is 1.81. The molecule has 0 unspecified atom stereocenters. The summed E-state index contributed by atoms with van der Waals surface area (Å²) in [6.45, 7) is 3.87. The minimum atomic E-state index is 0.739. The fourth-order valence-corrected chi connectivity index (χ4v) is 2.52. The highest BCUT2D eigenvalue weighted by Gasteiger charge is 2.17. The Morgan fingerprint density at radius 2 is 1.90 bits per heavy atom. The first-order valence-corrected chi connectivity index (χ1v) is 7.44. The van der Waals surface area contributed by atoms with Gasteiger partial charge in [0.2, 0.25) is 6.41 Å². The highest BCUT2D eigenvalue weighted by atomic mass is 35.5. The molecule has 1 heterocycles. The molecule has 0 radical (unpaired) electrons. The number of halogens is 1. The van der Waals surface area contributed by atoms with Crippen molar-refractivity contribution in [3.63, 3.8) is 0 Å². The van der Waals surface area contributed by atoms with Gasteiger partial charge >= 0.3 is 0 Å². The number of piperazine rings is 1. The van der Waals surface area contributed by atoms with Crippen molar-refractivity contribution in [1.29, 1.82) is 0 Å². The van der Waals surface area contributed by atoms with Crippen molar-refractivity contribution in [2.45, 2.75) is 6.42 Å². The summed E-state index contributed by atoms with van der Waals surface area (Å²) in [5.41, 5.74) is 1.23. The molecule has 6 heteroatoms. The Balaban J connectivity index is 1.70. The smallest absolute Gasteiger partial charge is 0.209 e. The monoisotopic (exact) mass is 311 g/mol. The topological polar surface area (TPSA) is 35.6 Å². The molecule has 0 spiro atoms. The summed E-state index contributed by atoms with van der Waals surface area (Å²) in [5.74, 6) is 0. The molecule has 2 rings (SSSR count). The van der Waals surface area contributed by atoms with E-state index in [9.17, 15) is 4.79 Å². The molecule has 1 aromatic rings. The maximum Gasteiger partial charge on any atom is 0.209 e. The molecule has 1 aromatic carbocycles. The third kappa shape index (κ3) is 4.35. The van der Waals surface area contributed by atoms with Crippen LogP contribution >= 0.6 is 23.8 Å². The summed E-state index contributed by atoms with van der Waals surface area (Å²) in [7, 11) is 0. The molecule has 0 saturated carbocycles. The molecule has 0 bridgehead atoms. The molecule has 0 atom stereocenters. The van der Waals surface area contributed by atoms with E-state index in [2.05, 4.69) is 10.2 Å². The van der Waals surface area contributed by atoms with E-state index in [0.717, 1.165) is 55.7 Å². The number of nitrogens with one attached hydrogen (secondary N) is 1. The van der Waals surface area contributed by atoms with Crippen molar-refractivity contribution < 1.29 is 4.79 Å². The Hall–Kier alpha value is -1.33. The average molecular weight is 312 g/mol. The normalized spacial score (nSPS) is 15.1. The Kier molecular flexibility index (Phi) is 5.61. The van der Waals surface area contributed by atoms with Crippen LogP contribution in [0.5, 0.6) is 0 Å². The van der Waals surface area contributed by atoms with Crippen molar-refractivity contribution in [2.24, 2.45) is 0 Å². The third-order valence-corrected chi connectivity index (χ3v) is 4.01. The van der Waals surface area contributed by atoms with Gasteiger partial charge in [-0.3, -0.25) is 4.79 Å². The molecule has 108 valence electrons. The van der Waals surface area contributed by atoms with Crippen LogP contribution in [0.3, 0.4) is 0 Å². The highest BCUT2D eigenvalue weighted by molar-refractivity contribution is 7.80. The van der Waals surface area contributed by atoms with Gasteiger partial charge in [0.1, 0.15) is 0 Å². The van der Waals surface area contributed by atoms with Crippen molar-refractivity contribution in [2.75, 3.05) is 32.7 Å². The lowest BCUT2D eigenvalue weighted by atomic mass is 10.1. The SMILES string of the molecule is O=CN1CCN(C(=S)NCCc2ccc(Cl)cc2)CC1. The van der Waals surface area contributed by atoms with E-state index in [1.807, 2.05) is 24.3 Å². The van der Waals surface area contributed by atoms with Gasteiger partial charge in [0.25, 0.3) is 0 Å². The lowest BCUT2D eigenvalue weighted by molar-refractivity contribution is -0.119. The molecule has 1 N–H and O–H groups in total. The van der Waals surface area contributed by atoms with Crippen molar-refractivity contribution >= 4 is 35.3 Å². The molecule has 0 aliphatic carbocycles. The fourth-order valence-electron chi connectivity index (χ4n) is 2.11. The lowest BCUT2D eigenvalue weighted by Gasteiger charge is -2.34. The molecule has 20 heavy (non-hydrogen) atoms. The van der Waals surface area contributed by atoms with Crippen LogP contribution < -0.4 is 5.32 Å². The molecule has 1 aliphatic heterocycles. The van der Waals surface area contributed by atoms with E-state index >= 15 is 0 Å². The standard InChI is InChI=1S/C14H18ClN3OS/c15-13-3-1-12(2-4-13)5-6-16-14(20)18-9-7-17(11-19)8-10-18/h1-4,11H,5-10H2,(H,16,20). The van der Waals surface area contributed by atoms with E-state index < -0.39 is 0 Å². The first kappa shape index (κ1) is 15.1. The molecular weight excluding hydrogens is 294 g/mol. The van der Waals surface area contributed by atoms with Crippen molar-refractivity contribution in [3.8, 4) is 0 Å². The van der Waals surface area contributed by atoms with Gasteiger partial charge in [-0.1, -0.05) is 23.7 Å². The Morgan fingerprint density at radius 1 is 1.25 bits per heavy atom. The summed E-state index contributed by atoms with van der Waals surface area (Å²) >= 11 is 11.2. The number of thiocarbonyl (C=S) groups is 1. The molecule has 1 fully saturated rings. The van der Waals surface area contributed by atoms with Gasteiger partial charge in [0.05, 0.1) is 0 Å². The van der Waals surface area contributed by atoms with Crippen LogP contribution in [0.15, 0.2) is 24.3 Å². The predicted octanol–water partition coefficient (Wildman–Crippen LogP) is 1.53. The average Bonchev–Trinajstić information content (AvgIpc) is 2.49. The van der Waals surface area contributed by atoms with Crippen LogP contribution in [0.25, 0.3) is 0 Å². The van der Waals surface area contributed by atoms with Gasteiger partial charge < -0.3 is 15.1 Å². The van der Waals surface area contributed by atoms with E-state index in [1.54, 1.807) is 4.90 Å². The summed E-state index contributed by atoms with van der Waals surface area (Å²) < 4.78 is 0. The number of rotatable bonds is 4. The van der Waals surface area contributed by atoms with E-state index in [1.165, 1.54) is 5.56 Å². The van der Waals surface area contributed by atoms with Gasteiger partial charge in [0, 0.05) is 37.7 Å². The minimum Gasteiger partial charge on any atom is -0.362 e. The van der Waals surface area contributed by atoms with Gasteiger partial charge in [-0.15, -0.1) is 0 Å². The van der Waals surface area contributed by atoms with E-state index in [0.29, 0.717) is 0 Å². The maximum absolute atomic E-state index is 10.6. The lowest BCUT2D eigenvalue weighted by Crippen LogP contribution is -2.51. The molecular formula is C14H18ClN3OS. The van der Waals surface area contributed by atoms with Crippen LogP contribution in [0.1, 0.15) is 5.56 Å². The van der Waals surface area contributed by atoms with Crippen molar-refractivity contribution in [1.82, 2.24) is 15.1 Å². The van der Waals surface area contributed by atoms with Gasteiger partial charge in [-0.25, -0.2) is 0 Å². The molecule has 1 amide bonds. The van der Waals surface area contributed by atoms with Gasteiger partial charge in [-0.2, -0.15) is 0 Å².